The maximum Gasteiger partial charge on any atom is 0.251 e. The molecule has 1 aromatic carbocycles. The third kappa shape index (κ3) is 4.80. The Kier molecular flexibility index (Phi) is 6.29. The van der Waals surface area contributed by atoms with Crippen LogP contribution in [0.15, 0.2) is 47.7 Å². The molecule has 1 rings (SSSR count). The fourth-order valence-electron chi connectivity index (χ4n) is 1.49. The first-order valence-corrected chi connectivity index (χ1v) is 6.87. The molecular weight excluding hydrogens is 242 g/mol. The van der Waals surface area contributed by atoms with E-state index in [0.29, 0.717) is 12.1 Å². The molecule has 1 N–H and O–H groups in total. The zero-order valence-corrected chi connectivity index (χ0v) is 11.6. The molecule has 0 unspecified atom stereocenters. The van der Waals surface area contributed by atoms with Crippen molar-refractivity contribution in [1.82, 2.24) is 5.32 Å². The van der Waals surface area contributed by atoms with Crippen LogP contribution in [0.2, 0.25) is 0 Å². The highest BCUT2D eigenvalue weighted by atomic mass is 32.2. The molecule has 0 aliphatic heterocycles. The second-order valence-corrected chi connectivity index (χ2v) is 5.03. The highest BCUT2D eigenvalue weighted by Gasteiger charge is 2.04. The zero-order valence-electron chi connectivity index (χ0n) is 10.7. The van der Waals surface area contributed by atoms with E-state index >= 15 is 0 Å². The monoisotopic (exact) mass is 261 g/mol. The predicted octanol–water partition coefficient (Wildman–Crippen LogP) is 3.76. The summed E-state index contributed by atoms with van der Waals surface area (Å²) >= 11 is 1.50. The summed E-state index contributed by atoms with van der Waals surface area (Å²) in [5.74, 6) is -0.0333. The minimum absolute atomic E-state index is 0.0333. The van der Waals surface area contributed by atoms with Crippen LogP contribution < -0.4 is 5.32 Å². The van der Waals surface area contributed by atoms with Gasteiger partial charge in [-0.1, -0.05) is 32.2 Å². The van der Waals surface area contributed by atoms with Crippen molar-refractivity contribution in [3.05, 3.63) is 58.9 Å². The first-order valence-electron chi connectivity index (χ1n) is 5.99. The van der Waals surface area contributed by atoms with E-state index in [9.17, 15) is 4.79 Å². The molecule has 0 fully saturated rings. The summed E-state index contributed by atoms with van der Waals surface area (Å²) in [5.41, 5.74) is 1.94. The van der Waals surface area contributed by atoms with Crippen LogP contribution >= 0.6 is 11.8 Å². The number of hydrogen-bond donors (Lipinski definition) is 1. The van der Waals surface area contributed by atoms with Gasteiger partial charge in [-0.05, 0) is 40.9 Å². The normalized spacial score (nSPS) is 9.83. The molecular formula is C15H19NOS. The van der Waals surface area contributed by atoms with Gasteiger partial charge < -0.3 is 5.32 Å². The van der Waals surface area contributed by atoms with Gasteiger partial charge in [0.1, 0.15) is 0 Å². The van der Waals surface area contributed by atoms with Crippen molar-refractivity contribution in [3.63, 3.8) is 0 Å². The maximum absolute atomic E-state index is 11.8. The molecule has 0 aliphatic carbocycles. The summed E-state index contributed by atoms with van der Waals surface area (Å²) in [4.78, 5) is 12.8. The van der Waals surface area contributed by atoms with Crippen molar-refractivity contribution < 1.29 is 4.79 Å². The Labute approximate surface area is 113 Å². The fourth-order valence-corrected chi connectivity index (χ4v) is 1.94. The Morgan fingerprint density at radius 2 is 2.06 bits per heavy atom. The average Bonchev–Trinajstić information content (AvgIpc) is 2.39. The van der Waals surface area contributed by atoms with Gasteiger partial charge in [-0.3, -0.25) is 4.79 Å². The summed E-state index contributed by atoms with van der Waals surface area (Å²) in [6.45, 7) is 10.2. The third-order valence-electron chi connectivity index (χ3n) is 2.56. The van der Waals surface area contributed by atoms with Crippen LogP contribution in [0.1, 0.15) is 29.3 Å². The minimum atomic E-state index is -0.0333. The Balaban J connectivity index is 2.40. The summed E-state index contributed by atoms with van der Waals surface area (Å²) in [7, 11) is 0. The highest BCUT2D eigenvalue weighted by Crippen LogP contribution is 2.16. The highest BCUT2D eigenvalue weighted by molar-refractivity contribution is 8.05. The second kappa shape index (κ2) is 7.77. The van der Waals surface area contributed by atoms with Gasteiger partial charge in [0, 0.05) is 12.1 Å². The molecule has 3 heteroatoms. The number of benzene rings is 1. The molecule has 0 saturated heterocycles. The standard InChI is InChI=1S/C15H19NOS/c1-4-13-6-8-14(9-7-13)15(17)16-11-10-12(3)18-5-2/h5-9H,2-4,10-11H2,1H3,(H,16,17). The van der Waals surface area contributed by atoms with E-state index in [2.05, 4.69) is 25.4 Å². The topological polar surface area (TPSA) is 29.1 Å². The number of aryl methyl sites for hydroxylation is 1. The number of carbonyl (C=O) groups excluding carboxylic acids is 1. The molecule has 0 saturated carbocycles. The van der Waals surface area contributed by atoms with Crippen LogP contribution in [-0.4, -0.2) is 12.5 Å². The van der Waals surface area contributed by atoms with Gasteiger partial charge in [0.15, 0.2) is 0 Å². The molecule has 0 heterocycles. The van der Waals surface area contributed by atoms with Gasteiger partial charge in [0.05, 0.1) is 0 Å². The van der Waals surface area contributed by atoms with Crippen LogP contribution in [0.4, 0.5) is 0 Å². The van der Waals surface area contributed by atoms with E-state index in [1.165, 1.54) is 17.3 Å². The van der Waals surface area contributed by atoms with Crippen LogP contribution in [0, 0.1) is 0 Å². The molecule has 1 amide bonds. The van der Waals surface area contributed by atoms with Crippen molar-refractivity contribution >= 4 is 17.7 Å². The summed E-state index contributed by atoms with van der Waals surface area (Å²) in [5, 5.41) is 4.62. The number of nitrogens with one attached hydrogen (secondary N) is 1. The van der Waals surface area contributed by atoms with Crippen molar-refractivity contribution in [1.29, 1.82) is 0 Å². The molecule has 0 aliphatic rings. The number of amides is 1. The SMILES string of the molecule is C=CSC(=C)CCNC(=O)c1ccc(CC)cc1. The lowest BCUT2D eigenvalue weighted by atomic mass is 10.1. The first kappa shape index (κ1) is 14.6. The van der Waals surface area contributed by atoms with Gasteiger partial charge >= 0.3 is 0 Å². The van der Waals surface area contributed by atoms with Crippen LogP contribution in [0.5, 0.6) is 0 Å². The van der Waals surface area contributed by atoms with Gasteiger partial charge in [0.2, 0.25) is 0 Å². The van der Waals surface area contributed by atoms with E-state index in [4.69, 9.17) is 0 Å². The predicted molar refractivity (Wildman–Crippen MR) is 79.7 cm³/mol. The van der Waals surface area contributed by atoms with Crippen molar-refractivity contribution in [2.24, 2.45) is 0 Å². The molecule has 0 spiro atoms. The number of thioether (sulfide) groups is 1. The number of rotatable bonds is 7. The summed E-state index contributed by atoms with van der Waals surface area (Å²) in [6, 6.07) is 7.70. The minimum Gasteiger partial charge on any atom is -0.352 e. The van der Waals surface area contributed by atoms with E-state index in [1.807, 2.05) is 24.3 Å². The lowest BCUT2D eigenvalue weighted by Crippen LogP contribution is -2.24. The largest absolute Gasteiger partial charge is 0.352 e. The summed E-state index contributed by atoms with van der Waals surface area (Å²) in [6.07, 6.45) is 1.75. The zero-order chi connectivity index (χ0) is 13.4. The average molecular weight is 261 g/mol. The molecule has 0 bridgehead atoms. The maximum atomic E-state index is 11.8. The van der Waals surface area contributed by atoms with Crippen LogP contribution in [0.25, 0.3) is 0 Å². The van der Waals surface area contributed by atoms with E-state index in [1.54, 1.807) is 5.41 Å². The van der Waals surface area contributed by atoms with Gasteiger partial charge in [0.25, 0.3) is 5.91 Å². The first-order chi connectivity index (χ1) is 8.67. The number of hydrogen-bond acceptors (Lipinski definition) is 2. The Morgan fingerprint density at radius 3 is 2.61 bits per heavy atom. The molecule has 2 nitrogen and oxygen atoms in total. The van der Waals surface area contributed by atoms with E-state index in [0.717, 1.165) is 17.7 Å². The smallest absolute Gasteiger partial charge is 0.251 e. The van der Waals surface area contributed by atoms with Crippen LogP contribution in [0.3, 0.4) is 0 Å². The molecule has 96 valence electrons. The Hall–Kier alpha value is -1.48. The molecule has 0 radical (unpaired) electrons. The van der Waals surface area contributed by atoms with Gasteiger partial charge in [-0.15, -0.1) is 11.8 Å². The Morgan fingerprint density at radius 1 is 1.39 bits per heavy atom. The second-order valence-electron chi connectivity index (χ2n) is 3.88. The van der Waals surface area contributed by atoms with Crippen molar-refractivity contribution in [2.75, 3.05) is 6.54 Å². The fraction of sp³-hybridized carbons (Fsp3) is 0.267. The van der Waals surface area contributed by atoms with E-state index < -0.39 is 0 Å². The van der Waals surface area contributed by atoms with Crippen molar-refractivity contribution in [2.45, 2.75) is 19.8 Å². The third-order valence-corrected chi connectivity index (χ3v) is 3.27. The molecule has 0 atom stereocenters. The quantitative estimate of drug-likeness (QED) is 0.809. The Bertz CT molecular complexity index is 423. The lowest BCUT2D eigenvalue weighted by Gasteiger charge is -2.06. The van der Waals surface area contributed by atoms with Crippen molar-refractivity contribution in [3.8, 4) is 0 Å². The lowest BCUT2D eigenvalue weighted by molar-refractivity contribution is 0.0954. The van der Waals surface area contributed by atoms with Gasteiger partial charge in [-0.2, -0.15) is 0 Å². The number of carbonyl (C=O) groups is 1. The van der Waals surface area contributed by atoms with Crippen LogP contribution in [-0.2, 0) is 6.42 Å². The van der Waals surface area contributed by atoms with E-state index in [-0.39, 0.29) is 5.91 Å². The molecule has 18 heavy (non-hydrogen) atoms. The van der Waals surface area contributed by atoms with Gasteiger partial charge in [-0.25, -0.2) is 0 Å². The summed E-state index contributed by atoms with van der Waals surface area (Å²) < 4.78 is 0. The molecule has 0 aromatic heterocycles. The molecule has 1 aromatic rings.